The Bertz CT molecular complexity index is 610. The van der Waals surface area contributed by atoms with E-state index < -0.39 is 37.9 Å². The zero-order valence-electron chi connectivity index (χ0n) is 19.2. The van der Waals surface area contributed by atoms with Gasteiger partial charge in [0.05, 0.1) is 0 Å². The van der Waals surface area contributed by atoms with Crippen LogP contribution in [0.25, 0.3) is 0 Å². The van der Waals surface area contributed by atoms with Gasteiger partial charge in [0, 0.05) is 0 Å². The van der Waals surface area contributed by atoms with Gasteiger partial charge in [0.15, 0.2) is 0 Å². The molecule has 2 spiro atoms. The molecule has 0 aromatic carbocycles. The van der Waals surface area contributed by atoms with Crippen LogP contribution in [0, 0.1) is 0 Å². The zero-order chi connectivity index (χ0) is 22.2. The molecule has 0 N–H and O–H groups in total. The summed E-state index contributed by atoms with van der Waals surface area (Å²) in [6.07, 6.45) is 0. The zero-order valence-corrected chi connectivity index (χ0v) is 21.0. The summed E-state index contributed by atoms with van der Waals surface area (Å²) in [5.74, 6) is 0. The van der Waals surface area contributed by atoms with Crippen LogP contribution in [0.15, 0.2) is 0 Å². The van der Waals surface area contributed by atoms with Gasteiger partial charge >= 0.3 is 178 Å². The molecule has 0 aromatic heterocycles. The van der Waals surface area contributed by atoms with Crippen LogP contribution in [0.1, 0.15) is 55.4 Å². The molecule has 4 saturated heterocycles. The summed E-state index contributed by atoms with van der Waals surface area (Å²) in [5.41, 5.74) is -2.69. The maximum atomic E-state index is 6.23. The molecule has 4 aliphatic rings. The van der Waals surface area contributed by atoms with Crippen molar-refractivity contribution in [1.29, 1.82) is 0 Å². The molecule has 0 aromatic rings. The number of hydrogen-bond donors (Lipinski definition) is 0. The van der Waals surface area contributed by atoms with Crippen LogP contribution < -0.4 is 0 Å². The van der Waals surface area contributed by atoms with Gasteiger partial charge in [-0.2, -0.15) is 0 Å². The molecule has 0 bridgehead atoms. The SMILES string of the molecule is CC1(C)OP2(OCCOP34(OCCO3)OC(C)(C)C(C)(C)O4)(OCCO2)OC1(C)C. The quantitative estimate of drug-likeness (QED) is 0.416. The molecule has 178 valence electrons. The van der Waals surface area contributed by atoms with E-state index in [0.29, 0.717) is 26.4 Å². The second kappa shape index (κ2) is 6.53. The van der Waals surface area contributed by atoms with Crippen molar-refractivity contribution in [3.05, 3.63) is 0 Å². The molecular weight excluding hydrogens is 438 g/mol. The minimum absolute atomic E-state index is 0.0438. The summed E-state index contributed by atoms with van der Waals surface area (Å²) in [7, 11) is -8.39. The van der Waals surface area contributed by atoms with Crippen LogP contribution in [0.5, 0.6) is 0 Å². The fourth-order valence-corrected chi connectivity index (χ4v) is 10.9. The first-order valence-electron chi connectivity index (χ1n) is 10.4. The third-order valence-corrected chi connectivity index (χ3v) is 13.1. The molecule has 4 heterocycles. The summed E-state index contributed by atoms with van der Waals surface area (Å²) < 4.78 is 60.6. The first-order chi connectivity index (χ1) is 13.6. The van der Waals surface area contributed by atoms with E-state index in [0.717, 1.165) is 0 Å². The van der Waals surface area contributed by atoms with Crippen molar-refractivity contribution in [1.82, 2.24) is 0 Å². The van der Waals surface area contributed by atoms with Crippen molar-refractivity contribution in [3.63, 3.8) is 0 Å². The molecule has 10 nitrogen and oxygen atoms in total. The Kier molecular flexibility index (Phi) is 5.14. The predicted molar refractivity (Wildman–Crippen MR) is 110 cm³/mol. The first-order valence-corrected chi connectivity index (χ1v) is 14.0. The fraction of sp³-hybridized carbons (Fsp3) is 1.00. The molecule has 0 amide bonds. The van der Waals surface area contributed by atoms with E-state index in [1.165, 1.54) is 0 Å². The molecule has 12 heteroatoms. The van der Waals surface area contributed by atoms with Crippen LogP contribution in [0.4, 0.5) is 0 Å². The summed E-state index contributed by atoms with van der Waals surface area (Å²) in [4.78, 5) is 0. The molecule has 4 aliphatic heterocycles. The van der Waals surface area contributed by atoms with Crippen LogP contribution in [-0.2, 0) is 45.2 Å². The molecule has 0 unspecified atom stereocenters. The average Bonchev–Trinajstić information content (AvgIpc) is 3.23. The van der Waals surface area contributed by atoms with Crippen LogP contribution in [-0.4, -0.2) is 62.0 Å². The predicted octanol–water partition coefficient (Wildman–Crippen LogP) is 4.58. The van der Waals surface area contributed by atoms with Crippen LogP contribution in [0.3, 0.4) is 0 Å². The van der Waals surface area contributed by atoms with Gasteiger partial charge in [0.25, 0.3) is 0 Å². The third-order valence-electron chi connectivity index (χ3n) is 6.47. The molecule has 4 rings (SSSR count). The van der Waals surface area contributed by atoms with Crippen molar-refractivity contribution < 1.29 is 45.2 Å². The molecule has 0 saturated carbocycles. The van der Waals surface area contributed by atoms with Gasteiger partial charge in [0.2, 0.25) is 0 Å². The molecule has 30 heavy (non-hydrogen) atoms. The van der Waals surface area contributed by atoms with E-state index >= 15 is 0 Å². The van der Waals surface area contributed by atoms with E-state index in [1.807, 2.05) is 55.4 Å². The third kappa shape index (κ3) is 3.40. The van der Waals surface area contributed by atoms with E-state index in [2.05, 4.69) is 0 Å². The summed E-state index contributed by atoms with van der Waals surface area (Å²) in [5, 5.41) is 0. The van der Waals surface area contributed by atoms with E-state index in [-0.39, 0.29) is 13.2 Å². The van der Waals surface area contributed by atoms with Gasteiger partial charge in [0.1, 0.15) is 0 Å². The monoisotopic (exact) mass is 474 g/mol. The molecule has 0 aliphatic carbocycles. The molecular formula is C18H36O10P2. The standard InChI is InChI=1S/C18H36O10P2/c1-15(2)16(3,4)26-29(25-15,19-9-10-20-29)23-13-14-24-30(21-11-12-22-30)27-17(5,6)18(7,8)28-30/h9-14H2,1-8H3. The van der Waals surface area contributed by atoms with Crippen molar-refractivity contribution in [2.75, 3.05) is 39.6 Å². The van der Waals surface area contributed by atoms with Crippen molar-refractivity contribution in [2.24, 2.45) is 0 Å². The number of hydrogen-bond acceptors (Lipinski definition) is 10. The maximum absolute atomic E-state index is 6.23. The second-order valence-electron chi connectivity index (χ2n) is 9.90. The van der Waals surface area contributed by atoms with Crippen LogP contribution in [0.2, 0.25) is 0 Å². The summed E-state index contributed by atoms with van der Waals surface area (Å²) >= 11 is 0. The summed E-state index contributed by atoms with van der Waals surface area (Å²) in [6.45, 7) is 16.8. The van der Waals surface area contributed by atoms with Gasteiger partial charge < -0.3 is 0 Å². The molecule has 0 atom stereocenters. The van der Waals surface area contributed by atoms with Gasteiger partial charge in [-0.05, 0) is 0 Å². The van der Waals surface area contributed by atoms with E-state index in [1.54, 1.807) is 0 Å². The number of rotatable bonds is 5. The Labute approximate surface area is 178 Å². The van der Waals surface area contributed by atoms with Crippen molar-refractivity contribution in [3.8, 4) is 0 Å². The second-order valence-corrected chi connectivity index (χ2v) is 15.2. The van der Waals surface area contributed by atoms with Crippen molar-refractivity contribution in [2.45, 2.75) is 77.8 Å². The average molecular weight is 474 g/mol. The Hall–Kier alpha value is 0.460. The van der Waals surface area contributed by atoms with E-state index in [4.69, 9.17) is 45.2 Å². The van der Waals surface area contributed by atoms with Gasteiger partial charge in [-0.15, -0.1) is 0 Å². The Morgan fingerprint density at radius 1 is 0.500 bits per heavy atom. The molecule has 4 fully saturated rings. The molecule has 0 radical (unpaired) electrons. The van der Waals surface area contributed by atoms with Gasteiger partial charge in [-0.3, -0.25) is 0 Å². The van der Waals surface area contributed by atoms with E-state index in [9.17, 15) is 0 Å². The minimum atomic E-state index is -4.20. The summed E-state index contributed by atoms with van der Waals surface area (Å²) in [6, 6.07) is 0. The topological polar surface area (TPSA) is 92.3 Å². The fourth-order valence-electron chi connectivity index (χ4n) is 3.63. The Morgan fingerprint density at radius 3 is 0.967 bits per heavy atom. The Morgan fingerprint density at radius 2 is 0.733 bits per heavy atom. The van der Waals surface area contributed by atoms with Gasteiger partial charge in [-0.1, -0.05) is 0 Å². The first kappa shape index (κ1) is 23.6. The van der Waals surface area contributed by atoms with Crippen LogP contribution >= 0.6 is 15.5 Å². The Balaban J connectivity index is 1.48. The normalized spacial score (nSPS) is 38.1. The van der Waals surface area contributed by atoms with Crippen molar-refractivity contribution >= 4 is 15.5 Å². The van der Waals surface area contributed by atoms with Gasteiger partial charge in [-0.25, -0.2) is 0 Å².